The molecule has 0 heterocycles. The van der Waals surface area contributed by atoms with Crippen LogP contribution in [0, 0.1) is 0 Å². The number of carbonyl (C=O) groups is 1. The molecule has 2 rings (SSSR count). The SMILES string of the molecule is CCN(CC)C(=O)c1ccc(S(=O)(=O)N(C)Cc2ccccc2)cc1. The van der Waals surface area contributed by atoms with Crippen LogP contribution in [-0.2, 0) is 16.6 Å². The highest BCUT2D eigenvalue weighted by atomic mass is 32.2. The summed E-state index contributed by atoms with van der Waals surface area (Å²) in [6.45, 7) is 5.37. The Labute approximate surface area is 149 Å². The lowest BCUT2D eigenvalue weighted by molar-refractivity contribution is 0.0773. The van der Waals surface area contributed by atoms with Gasteiger partial charge >= 0.3 is 0 Å². The third-order valence-electron chi connectivity index (χ3n) is 4.11. The summed E-state index contributed by atoms with van der Waals surface area (Å²) >= 11 is 0. The highest BCUT2D eigenvalue weighted by Gasteiger charge is 2.21. The molecule has 0 spiro atoms. The number of sulfonamides is 1. The van der Waals surface area contributed by atoms with Gasteiger partial charge in [0.1, 0.15) is 0 Å². The summed E-state index contributed by atoms with van der Waals surface area (Å²) in [4.78, 5) is 14.2. The van der Waals surface area contributed by atoms with Crippen molar-refractivity contribution >= 4 is 15.9 Å². The summed E-state index contributed by atoms with van der Waals surface area (Å²) in [6, 6.07) is 15.6. The van der Waals surface area contributed by atoms with Gasteiger partial charge in [0.15, 0.2) is 0 Å². The second-order valence-corrected chi connectivity index (χ2v) is 7.79. The van der Waals surface area contributed by atoms with Crippen LogP contribution in [0.2, 0.25) is 0 Å². The van der Waals surface area contributed by atoms with Gasteiger partial charge in [-0.2, -0.15) is 4.31 Å². The first kappa shape index (κ1) is 19.1. The highest BCUT2D eigenvalue weighted by Crippen LogP contribution is 2.18. The molecule has 0 radical (unpaired) electrons. The van der Waals surface area contributed by atoms with Crippen LogP contribution >= 0.6 is 0 Å². The lowest BCUT2D eigenvalue weighted by atomic mass is 10.2. The summed E-state index contributed by atoms with van der Waals surface area (Å²) in [5.41, 5.74) is 1.41. The third kappa shape index (κ3) is 4.46. The first-order chi connectivity index (χ1) is 11.9. The molecule has 2 aromatic carbocycles. The Balaban J connectivity index is 2.18. The van der Waals surface area contributed by atoms with Crippen LogP contribution in [0.25, 0.3) is 0 Å². The van der Waals surface area contributed by atoms with Gasteiger partial charge in [0.2, 0.25) is 10.0 Å². The van der Waals surface area contributed by atoms with E-state index in [0.717, 1.165) is 5.56 Å². The van der Waals surface area contributed by atoms with E-state index in [4.69, 9.17) is 0 Å². The molecule has 25 heavy (non-hydrogen) atoms. The fraction of sp³-hybridized carbons (Fsp3) is 0.316. The zero-order valence-electron chi connectivity index (χ0n) is 14.8. The maximum absolute atomic E-state index is 12.7. The normalized spacial score (nSPS) is 11.5. The highest BCUT2D eigenvalue weighted by molar-refractivity contribution is 7.89. The van der Waals surface area contributed by atoms with E-state index in [0.29, 0.717) is 25.2 Å². The predicted molar refractivity (Wildman–Crippen MR) is 98.8 cm³/mol. The smallest absolute Gasteiger partial charge is 0.253 e. The van der Waals surface area contributed by atoms with Crippen LogP contribution in [0.5, 0.6) is 0 Å². The van der Waals surface area contributed by atoms with Crippen molar-refractivity contribution in [2.45, 2.75) is 25.3 Å². The number of nitrogens with zero attached hydrogens (tertiary/aromatic N) is 2. The van der Waals surface area contributed by atoms with E-state index in [2.05, 4.69) is 0 Å². The van der Waals surface area contributed by atoms with E-state index in [9.17, 15) is 13.2 Å². The average Bonchev–Trinajstić information content (AvgIpc) is 2.63. The molecule has 0 saturated heterocycles. The molecular weight excluding hydrogens is 336 g/mol. The van der Waals surface area contributed by atoms with Crippen LogP contribution < -0.4 is 0 Å². The number of benzene rings is 2. The Morgan fingerprint density at radius 3 is 2.00 bits per heavy atom. The van der Waals surface area contributed by atoms with E-state index in [1.807, 2.05) is 44.2 Å². The zero-order chi connectivity index (χ0) is 18.4. The Morgan fingerprint density at radius 2 is 1.48 bits per heavy atom. The van der Waals surface area contributed by atoms with Gasteiger partial charge in [0.05, 0.1) is 4.90 Å². The average molecular weight is 360 g/mol. The summed E-state index contributed by atoms with van der Waals surface area (Å²) in [5, 5.41) is 0. The van der Waals surface area contributed by atoms with Gasteiger partial charge in [-0.15, -0.1) is 0 Å². The molecule has 0 atom stereocenters. The van der Waals surface area contributed by atoms with Crippen molar-refractivity contribution in [3.63, 3.8) is 0 Å². The van der Waals surface area contributed by atoms with Gasteiger partial charge in [0.25, 0.3) is 5.91 Å². The van der Waals surface area contributed by atoms with Gasteiger partial charge in [-0.3, -0.25) is 4.79 Å². The van der Waals surface area contributed by atoms with Crippen molar-refractivity contribution in [3.8, 4) is 0 Å². The number of carbonyl (C=O) groups excluding carboxylic acids is 1. The quantitative estimate of drug-likeness (QED) is 0.763. The van der Waals surface area contributed by atoms with E-state index in [1.54, 1.807) is 24.1 Å². The minimum atomic E-state index is -3.60. The number of rotatable bonds is 7. The maximum atomic E-state index is 12.7. The van der Waals surface area contributed by atoms with E-state index >= 15 is 0 Å². The second kappa shape index (κ2) is 8.27. The molecule has 0 fully saturated rings. The molecule has 0 aliphatic heterocycles. The second-order valence-electron chi connectivity index (χ2n) is 5.75. The number of hydrogen-bond acceptors (Lipinski definition) is 3. The topological polar surface area (TPSA) is 57.7 Å². The lowest BCUT2D eigenvalue weighted by Crippen LogP contribution is -2.30. The van der Waals surface area contributed by atoms with Crippen molar-refractivity contribution in [1.82, 2.24) is 9.21 Å². The Hall–Kier alpha value is -2.18. The van der Waals surface area contributed by atoms with Gasteiger partial charge in [-0.1, -0.05) is 30.3 Å². The van der Waals surface area contributed by atoms with Crippen LogP contribution in [0.1, 0.15) is 29.8 Å². The van der Waals surface area contributed by atoms with E-state index in [1.165, 1.54) is 16.4 Å². The number of hydrogen-bond donors (Lipinski definition) is 0. The fourth-order valence-electron chi connectivity index (χ4n) is 2.57. The molecule has 2 aromatic rings. The largest absolute Gasteiger partial charge is 0.339 e. The van der Waals surface area contributed by atoms with E-state index in [-0.39, 0.29) is 10.8 Å². The monoisotopic (exact) mass is 360 g/mol. The molecule has 0 unspecified atom stereocenters. The van der Waals surface area contributed by atoms with Crippen molar-refractivity contribution in [1.29, 1.82) is 0 Å². The summed E-state index contributed by atoms with van der Waals surface area (Å²) < 4.78 is 26.7. The van der Waals surface area contributed by atoms with Crippen LogP contribution in [0.4, 0.5) is 0 Å². The third-order valence-corrected chi connectivity index (χ3v) is 5.93. The zero-order valence-corrected chi connectivity index (χ0v) is 15.7. The molecule has 0 N–H and O–H groups in total. The van der Waals surface area contributed by atoms with Crippen molar-refractivity contribution < 1.29 is 13.2 Å². The Bertz CT molecular complexity index is 798. The maximum Gasteiger partial charge on any atom is 0.253 e. The van der Waals surface area contributed by atoms with Crippen molar-refractivity contribution in [2.75, 3.05) is 20.1 Å². The predicted octanol–water partition coefficient (Wildman–Crippen LogP) is 2.99. The molecule has 1 amide bonds. The van der Waals surface area contributed by atoms with Gasteiger partial charge in [-0.25, -0.2) is 8.42 Å². The molecular formula is C19H24N2O3S. The summed E-state index contributed by atoms with van der Waals surface area (Å²) in [7, 11) is -2.05. The van der Waals surface area contributed by atoms with Gasteiger partial charge in [0, 0.05) is 32.2 Å². The fourth-order valence-corrected chi connectivity index (χ4v) is 3.73. The van der Waals surface area contributed by atoms with Crippen molar-refractivity contribution in [2.24, 2.45) is 0 Å². The molecule has 0 aliphatic rings. The van der Waals surface area contributed by atoms with Gasteiger partial charge < -0.3 is 4.90 Å². The Morgan fingerprint density at radius 1 is 0.920 bits per heavy atom. The lowest BCUT2D eigenvalue weighted by Gasteiger charge is -2.20. The summed E-state index contributed by atoms with van der Waals surface area (Å²) in [6.07, 6.45) is 0. The number of amides is 1. The van der Waals surface area contributed by atoms with Crippen molar-refractivity contribution in [3.05, 3.63) is 65.7 Å². The standard InChI is InChI=1S/C19H24N2O3S/c1-4-21(5-2)19(22)17-11-13-18(14-12-17)25(23,24)20(3)15-16-9-7-6-8-10-16/h6-14H,4-5,15H2,1-3H3. The molecule has 134 valence electrons. The van der Waals surface area contributed by atoms with Crippen LogP contribution in [0.15, 0.2) is 59.5 Å². The summed E-state index contributed by atoms with van der Waals surface area (Å²) in [5.74, 6) is -0.0911. The molecule has 0 bridgehead atoms. The first-order valence-electron chi connectivity index (χ1n) is 8.29. The van der Waals surface area contributed by atoms with Crippen LogP contribution in [-0.4, -0.2) is 43.7 Å². The molecule has 5 nitrogen and oxygen atoms in total. The minimum absolute atomic E-state index is 0.0911. The van der Waals surface area contributed by atoms with E-state index < -0.39 is 10.0 Å². The van der Waals surface area contributed by atoms with Gasteiger partial charge in [-0.05, 0) is 43.7 Å². The first-order valence-corrected chi connectivity index (χ1v) is 9.73. The molecule has 0 aliphatic carbocycles. The molecule has 0 saturated carbocycles. The Kier molecular flexibility index (Phi) is 6.33. The molecule has 6 heteroatoms. The molecule has 0 aromatic heterocycles. The van der Waals surface area contributed by atoms with Crippen LogP contribution in [0.3, 0.4) is 0 Å². The minimum Gasteiger partial charge on any atom is -0.339 e.